The minimum absolute atomic E-state index is 0.102. The lowest BCUT2D eigenvalue weighted by atomic mass is 10.2. The zero-order valence-corrected chi connectivity index (χ0v) is 13.6. The minimum Gasteiger partial charge on any atom is -0.478 e. The second-order valence-electron chi connectivity index (χ2n) is 5.37. The van der Waals surface area contributed by atoms with E-state index in [4.69, 9.17) is 5.11 Å². The zero-order chi connectivity index (χ0) is 18.0. The molecule has 1 atom stereocenters. The van der Waals surface area contributed by atoms with Gasteiger partial charge < -0.3 is 15.7 Å². The van der Waals surface area contributed by atoms with Crippen molar-refractivity contribution in [1.29, 1.82) is 0 Å². The first-order valence-electron chi connectivity index (χ1n) is 7.32. The Labute approximate surface area is 146 Å². The highest BCUT2D eigenvalue weighted by atomic mass is 32.2. The normalized spacial score (nSPS) is 15.9. The van der Waals surface area contributed by atoms with Gasteiger partial charge in [0.15, 0.2) is 0 Å². The number of thioether (sulfide) groups is 1. The molecule has 1 heterocycles. The molecule has 0 aliphatic carbocycles. The Bertz CT molecular complexity index is 871. The lowest BCUT2D eigenvalue weighted by Crippen LogP contribution is -2.32. The Morgan fingerprint density at radius 2 is 2.04 bits per heavy atom. The van der Waals surface area contributed by atoms with Crippen LogP contribution in [-0.2, 0) is 9.59 Å². The lowest BCUT2D eigenvalue weighted by Gasteiger charge is -2.24. The fourth-order valence-corrected chi connectivity index (χ4v) is 3.51. The second kappa shape index (κ2) is 6.94. The van der Waals surface area contributed by atoms with Crippen molar-refractivity contribution in [3.05, 3.63) is 53.8 Å². The van der Waals surface area contributed by atoms with E-state index in [0.717, 1.165) is 11.8 Å². The summed E-state index contributed by atoms with van der Waals surface area (Å²) in [4.78, 5) is 35.9. The standard InChI is InChI=1S/C17H13FN2O4S/c18-10-2-1-3-11(7-10)19-15(21)8-14-16(22)20-12-5-4-9(17(23)24)6-13(12)25-14/h1-7,14H,8H2,(H,19,21)(H,20,22)(H,23,24)/t14-/m0/s1. The molecule has 1 aliphatic rings. The fourth-order valence-electron chi connectivity index (χ4n) is 2.36. The van der Waals surface area contributed by atoms with Gasteiger partial charge in [-0.25, -0.2) is 9.18 Å². The largest absolute Gasteiger partial charge is 0.478 e. The van der Waals surface area contributed by atoms with Crippen molar-refractivity contribution in [1.82, 2.24) is 0 Å². The number of hydrogen-bond acceptors (Lipinski definition) is 4. The van der Waals surface area contributed by atoms with Crippen LogP contribution in [0.3, 0.4) is 0 Å². The summed E-state index contributed by atoms with van der Waals surface area (Å²) >= 11 is 1.13. The van der Waals surface area contributed by atoms with Gasteiger partial charge in [0.05, 0.1) is 16.5 Å². The second-order valence-corrected chi connectivity index (χ2v) is 6.62. The van der Waals surface area contributed by atoms with E-state index < -0.39 is 22.9 Å². The smallest absolute Gasteiger partial charge is 0.335 e. The van der Waals surface area contributed by atoms with Gasteiger partial charge in [0, 0.05) is 17.0 Å². The monoisotopic (exact) mass is 360 g/mol. The van der Waals surface area contributed by atoms with Crippen LogP contribution in [-0.4, -0.2) is 28.1 Å². The number of carboxylic acids is 1. The van der Waals surface area contributed by atoms with E-state index in [1.54, 1.807) is 6.07 Å². The van der Waals surface area contributed by atoms with E-state index in [1.165, 1.54) is 36.4 Å². The van der Waals surface area contributed by atoms with Gasteiger partial charge >= 0.3 is 5.97 Å². The van der Waals surface area contributed by atoms with Gasteiger partial charge in [0.1, 0.15) is 5.82 Å². The van der Waals surface area contributed by atoms with Gasteiger partial charge in [-0.2, -0.15) is 0 Å². The molecule has 8 heteroatoms. The number of carbonyl (C=O) groups excluding carboxylic acids is 2. The Hall–Kier alpha value is -2.87. The third-order valence-electron chi connectivity index (χ3n) is 3.53. The molecule has 0 fully saturated rings. The van der Waals surface area contributed by atoms with Crippen molar-refractivity contribution in [3.8, 4) is 0 Å². The van der Waals surface area contributed by atoms with Crippen molar-refractivity contribution in [3.63, 3.8) is 0 Å². The number of amides is 2. The number of aromatic carboxylic acids is 1. The number of hydrogen-bond donors (Lipinski definition) is 3. The number of benzene rings is 2. The van der Waals surface area contributed by atoms with Crippen LogP contribution in [0.2, 0.25) is 0 Å². The van der Waals surface area contributed by atoms with Crippen LogP contribution in [0.4, 0.5) is 15.8 Å². The van der Waals surface area contributed by atoms with Gasteiger partial charge in [0.25, 0.3) is 0 Å². The van der Waals surface area contributed by atoms with Gasteiger partial charge in [-0.1, -0.05) is 6.07 Å². The van der Waals surface area contributed by atoms with Crippen LogP contribution in [0.15, 0.2) is 47.4 Å². The van der Waals surface area contributed by atoms with Crippen molar-refractivity contribution < 1.29 is 23.9 Å². The zero-order valence-electron chi connectivity index (χ0n) is 12.8. The molecule has 2 amide bonds. The number of nitrogens with one attached hydrogen (secondary N) is 2. The maximum Gasteiger partial charge on any atom is 0.335 e. The lowest BCUT2D eigenvalue weighted by molar-refractivity contribution is -0.120. The van der Waals surface area contributed by atoms with Crippen LogP contribution in [0.25, 0.3) is 0 Å². The van der Waals surface area contributed by atoms with Crippen molar-refractivity contribution in [2.75, 3.05) is 10.6 Å². The Morgan fingerprint density at radius 3 is 2.76 bits per heavy atom. The summed E-state index contributed by atoms with van der Waals surface area (Å²) in [5.41, 5.74) is 0.923. The van der Waals surface area contributed by atoms with Crippen LogP contribution < -0.4 is 10.6 Å². The van der Waals surface area contributed by atoms with Crippen LogP contribution in [0, 0.1) is 5.82 Å². The summed E-state index contributed by atoms with van der Waals surface area (Å²) in [5.74, 6) is -2.32. The summed E-state index contributed by atoms with van der Waals surface area (Å²) in [5, 5.41) is 13.5. The number of carboxylic acid groups (broad SMARTS) is 1. The molecule has 128 valence electrons. The highest BCUT2D eigenvalue weighted by Gasteiger charge is 2.29. The number of rotatable bonds is 4. The number of carbonyl (C=O) groups is 3. The third kappa shape index (κ3) is 3.97. The molecule has 25 heavy (non-hydrogen) atoms. The molecule has 0 radical (unpaired) electrons. The molecular formula is C17H13FN2O4S. The molecule has 3 rings (SSSR count). The van der Waals surface area contributed by atoms with Crippen LogP contribution in [0.5, 0.6) is 0 Å². The predicted octanol–water partition coefficient (Wildman–Crippen LogP) is 2.97. The summed E-state index contributed by atoms with van der Waals surface area (Å²) in [6.45, 7) is 0. The van der Waals surface area contributed by atoms with E-state index in [0.29, 0.717) is 16.3 Å². The van der Waals surface area contributed by atoms with E-state index in [2.05, 4.69) is 10.6 Å². The summed E-state index contributed by atoms with van der Waals surface area (Å²) in [7, 11) is 0. The predicted molar refractivity (Wildman–Crippen MR) is 91.3 cm³/mol. The van der Waals surface area contributed by atoms with E-state index in [1.807, 2.05) is 0 Å². The number of fused-ring (bicyclic) bond motifs is 1. The SMILES string of the molecule is O=C(C[C@@H]1Sc2cc(C(=O)O)ccc2NC1=O)Nc1cccc(F)c1. The molecular weight excluding hydrogens is 347 g/mol. The van der Waals surface area contributed by atoms with Crippen LogP contribution in [0.1, 0.15) is 16.8 Å². The summed E-state index contributed by atoms with van der Waals surface area (Å²) in [6.07, 6.45) is -0.121. The van der Waals surface area contributed by atoms with Crippen molar-refractivity contribution >= 4 is 40.9 Å². The number of halogens is 1. The first kappa shape index (κ1) is 17.0. The van der Waals surface area contributed by atoms with E-state index in [-0.39, 0.29) is 17.9 Å². The van der Waals surface area contributed by atoms with Gasteiger partial charge in [-0.15, -0.1) is 11.8 Å². The molecule has 2 aromatic carbocycles. The molecule has 1 aliphatic heterocycles. The van der Waals surface area contributed by atoms with E-state index >= 15 is 0 Å². The fraction of sp³-hybridized carbons (Fsp3) is 0.118. The summed E-state index contributed by atoms with van der Waals surface area (Å²) in [6, 6.07) is 9.84. The van der Waals surface area contributed by atoms with Gasteiger partial charge in [0.2, 0.25) is 11.8 Å². The summed E-state index contributed by atoms with van der Waals surface area (Å²) < 4.78 is 13.1. The quantitative estimate of drug-likeness (QED) is 0.779. The maximum atomic E-state index is 13.1. The average Bonchev–Trinajstić information content (AvgIpc) is 2.55. The highest BCUT2D eigenvalue weighted by Crippen LogP contribution is 2.37. The molecule has 0 saturated carbocycles. The van der Waals surface area contributed by atoms with Crippen molar-refractivity contribution in [2.45, 2.75) is 16.6 Å². The average molecular weight is 360 g/mol. The Morgan fingerprint density at radius 1 is 1.24 bits per heavy atom. The molecule has 2 aromatic rings. The van der Waals surface area contributed by atoms with Crippen LogP contribution >= 0.6 is 11.8 Å². The molecule has 0 bridgehead atoms. The highest BCUT2D eigenvalue weighted by molar-refractivity contribution is 8.01. The molecule has 0 aromatic heterocycles. The third-order valence-corrected chi connectivity index (χ3v) is 4.78. The van der Waals surface area contributed by atoms with Gasteiger partial charge in [-0.3, -0.25) is 9.59 Å². The molecule has 3 N–H and O–H groups in total. The molecule has 0 unspecified atom stereocenters. The maximum absolute atomic E-state index is 13.1. The van der Waals surface area contributed by atoms with Crippen molar-refractivity contribution in [2.24, 2.45) is 0 Å². The molecule has 6 nitrogen and oxygen atoms in total. The number of anilines is 2. The van der Waals surface area contributed by atoms with E-state index in [9.17, 15) is 18.8 Å². The Kier molecular flexibility index (Phi) is 4.71. The minimum atomic E-state index is -1.07. The Balaban J connectivity index is 1.70. The van der Waals surface area contributed by atoms with Gasteiger partial charge in [-0.05, 0) is 36.4 Å². The topological polar surface area (TPSA) is 95.5 Å². The first-order chi connectivity index (χ1) is 11.9. The molecule has 0 spiro atoms. The molecule has 0 saturated heterocycles. The first-order valence-corrected chi connectivity index (χ1v) is 8.20.